The Kier molecular flexibility index (Phi) is 6.52. The van der Waals surface area contributed by atoms with Crippen molar-refractivity contribution >= 4 is 0 Å². The predicted octanol–water partition coefficient (Wildman–Crippen LogP) is 4.79. The van der Waals surface area contributed by atoms with E-state index in [0.29, 0.717) is 6.04 Å². The highest BCUT2D eigenvalue weighted by molar-refractivity contribution is 5.25. The Balaban J connectivity index is 2.04. The molecular formula is C18H30N2. The normalized spacial score (nSPS) is 18.7. The summed E-state index contributed by atoms with van der Waals surface area (Å²) in [6, 6.07) is 2.63. The van der Waals surface area contributed by atoms with E-state index in [1.54, 1.807) is 0 Å². The molecule has 0 radical (unpaired) electrons. The lowest BCUT2D eigenvalue weighted by molar-refractivity contribution is 0.355. The van der Waals surface area contributed by atoms with E-state index >= 15 is 0 Å². The van der Waals surface area contributed by atoms with E-state index in [4.69, 9.17) is 0 Å². The van der Waals surface area contributed by atoms with Gasteiger partial charge >= 0.3 is 0 Å². The van der Waals surface area contributed by atoms with E-state index < -0.39 is 0 Å². The molecule has 0 saturated heterocycles. The Morgan fingerprint density at radius 3 is 2.65 bits per heavy atom. The lowest BCUT2D eigenvalue weighted by Crippen LogP contribution is -2.25. The first-order valence-electron chi connectivity index (χ1n) is 8.45. The number of hydrogen-bond donors (Lipinski definition) is 1. The van der Waals surface area contributed by atoms with Crippen molar-refractivity contribution in [3.63, 3.8) is 0 Å². The lowest BCUT2D eigenvalue weighted by Gasteiger charge is -2.25. The number of aryl methyl sites for hydroxylation is 1. The maximum absolute atomic E-state index is 4.35. The van der Waals surface area contributed by atoms with Crippen LogP contribution < -0.4 is 5.32 Å². The number of nitrogens with one attached hydrogen (secondary N) is 1. The molecule has 1 aromatic heterocycles. The second kappa shape index (κ2) is 8.41. The maximum Gasteiger partial charge on any atom is 0.0340 e. The Morgan fingerprint density at radius 2 is 2.00 bits per heavy atom. The first-order chi connectivity index (χ1) is 9.81. The quantitative estimate of drug-likeness (QED) is 0.754. The van der Waals surface area contributed by atoms with Crippen LogP contribution >= 0.6 is 0 Å². The summed E-state index contributed by atoms with van der Waals surface area (Å²) in [6.07, 6.45) is 15.0. The fourth-order valence-electron chi connectivity index (χ4n) is 3.41. The van der Waals surface area contributed by atoms with Crippen LogP contribution in [0, 0.1) is 12.8 Å². The van der Waals surface area contributed by atoms with E-state index in [1.165, 1.54) is 62.5 Å². The largest absolute Gasteiger partial charge is 0.310 e. The zero-order valence-corrected chi connectivity index (χ0v) is 13.2. The average Bonchev–Trinajstić information content (AvgIpc) is 2.73. The van der Waals surface area contributed by atoms with Crippen molar-refractivity contribution in [3.8, 4) is 0 Å². The number of pyridine rings is 1. The smallest absolute Gasteiger partial charge is 0.0340 e. The van der Waals surface area contributed by atoms with Crippen molar-refractivity contribution in [2.24, 2.45) is 5.92 Å². The minimum Gasteiger partial charge on any atom is -0.310 e. The van der Waals surface area contributed by atoms with E-state index in [1.807, 2.05) is 6.20 Å². The van der Waals surface area contributed by atoms with Gasteiger partial charge in [-0.3, -0.25) is 4.98 Å². The van der Waals surface area contributed by atoms with Crippen molar-refractivity contribution in [1.29, 1.82) is 0 Å². The fraction of sp³-hybridized carbons (Fsp3) is 0.722. The van der Waals surface area contributed by atoms with E-state index in [0.717, 1.165) is 12.5 Å². The molecule has 1 aromatic rings. The minimum atomic E-state index is 0.492. The summed E-state index contributed by atoms with van der Waals surface area (Å²) in [6.45, 7) is 5.56. The van der Waals surface area contributed by atoms with Crippen LogP contribution in [0.15, 0.2) is 18.5 Å². The zero-order valence-electron chi connectivity index (χ0n) is 13.2. The molecule has 1 fully saturated rings. The van der Waals surface area contributed by atoms with Gasteiger partial charge in [0.15, 0.2) is 0 Å². The van der Waals surface area contributed by atoms with Crippen LogP contribution in [0.4, 0.5) is 0 Å². The van der Waals surface area contributed by atoms with Gasteiger partial charge in [-0.25, -0.2) is 0 Å². The lowest BCUT2D eigenvalue weighted by atomic mass is 9.88. The Bertz CT molecular complexity index is 381. The molecule has 2 nitrogen and oxygen atoms in total. The molecule has 1 saturated carbocycles. The molecule has 20 heavy (non-hydrogen) atoms. The van der Waals surface area contributed by atoms with Gasteiger partial charge in [-0.1, -0.05) is 45.4 Å². The molecule has 0 bridgehead atoms. The molecule has 1 heterocycles. The molecule has 0 spiro atoms. The van der Waals surface area contributed by atoms with Gasteiger partial charge in [-0.2, -0.15) is 0 Å². The fourth-order valence-corrected chi connectivity index (χ4v) is 3.41. The first kappa shape index (κ1) is 15.5. The second-order valence-corrected chi connectivity index (χ2v) is 6.33. The van der Waals surface area contributed by atoms with Crippen LogP contribution in [0.3, 0.4) is 0 Å². The molecule has 2 rings (SSSR count). The van der Waals surface area contributed by atoms with Crippen molar-refractivity contribution in [2.75, 3.05) is 6.54 Å². The van der Waals surface area contributed by atoms with E-state index in [9.17, 15) is 0 Å². The topological polar surface area (TPSA) is 24.9 Å². The number of nitrogens with zero attached hydrogens (tertiary/aromatic N) is 1. The second-order valence-electron chi connectivity index (χ2n) is 6.33. The molecule has 1 atom stereocenters. The van der Waals surface area contributed by atoms with Crippen molar-refractivity contribution in [1.82, 2.24) is 10.3 Å². The summed E-state index contributed by atoms with van der Waals surface area (Å²) in [5.74, 6) is 0.895. The van der Waals surface area contributed by atoms with Crippen LogP contribution in [0.1, 0.15) is 75.5 Å². The highest BCUT2D eigenvalue weighted by Gasteiger charge is 2.20. The first-order valence-corrected chi connectivity index (χ1v) is 8.45. The summed E-state index contributed by atoms with van der Waals surface area (Å²) in [4.78, 5) is 4.35. The standard InChI is InChI=1S/C18H30N2/c1-3-11-20-18(17-14-19-12-10-15(17)2)13-16-8-6-4-5-7-9-16/h10,12,14,16,18,20H,3-9,11,13H2,1-2H3. The number of rotatable bonds is 6. The number of hydrogen-bond acceptors (Lipinski definition) is 2. The molecule has 0 amide bonds. The highest BCUT2D eigenvalue weighted by Crippen LogP contribution is 2.31. The van der Waals surface area contributed by atoms with Crippen molar-refractivity contribution in [3.05, 3.63) is 29.6 Å². The van der Waals surface area contributed by atoms with Crippen molar-refractivity contribution in [2.45, 2.75) is 71.3 Å². The highest BCUT2D eigenvalue weighted by atomic mass is 14.9. The summed E-state index contributed by atoms with van der Waals surface area (Å²) in [7, 11) is 0. The molecule has 0 aliphatic heterocycles. The molecule has 112 valence electrons. The summed E-state index contributed by atoms with van der Waals surface area (Å²) in [5, 5.41) is 3.75. The molecule has 1 unspecified atom stereocenters. The van der Waals surface area contributed by atoms with Gasteiger partial charge in [-0.15, -0.1) is 0 Å². The minimum absolute atomic E-state index is 0.492. The molecule has 0 aromatic carbocycles. The van der Waals surface area contributed by atoms with Gasteiger partial charge in [0.2, 0.25) is 0 Å². The van der Waals surface area contributed by atoms with Gasteiger partial charge < -0.3 is 5.32 Å². The Morgan fingerprint density at radius 1 is 1.25 bits per heavy atom. The predicted molar refractivity (Wildman–Crippen MR) is 85.8 cm³/mol. The monoisotopic (exact) mass is 274 g/mol. The summed E-state index contributed by atoms with van der Waals surface area (Å²) in [5.41, 5.74) is 2.78. The molecule has 2 heteroatoms. The van der Waals surface area contributed by atoms with Crippen molar-refractivity contribution < 1.29 is 0 Å². The van der Waals surface area contributed by atoms with Gasteiger partial charge in [-0.05, 0) is 49.4 Å². The van der Waals surface area contributed by atoms with Crippen LogP contribution in [0.5, 0.6) is 0 Å². The van der Waals surface area contributed by atoms with Gasteiger partial charge in [0, 0.05) is 18.4 Å². The molecule has 1 aliphatic carbocycles. The van der Waals surface area contributed by atoms with Crippen LogP contribution in [0.25, 0.3) is 0 Å². The SMILES string of the molecule is CCCNC(CC1CCCCCC1)c1cnccc1C. The van der Waals surface area contributed by atoms with Gasteiger partial charge in [0.1, 0.15) is 0 Å². The van der Waals surface area contributed by atoms with Crippen LogP contribution in [0.2, 0.25) is 0 Å². The third-order valence-electron chi connectivity index (χ3n) is 4.64. The maximum atomic E-state index is 4.35. The molecule has 1 N–H and O–H groups in total. The van der Waals surface area contributed by atoms with E-state index in [-0.39, 0.29) is 0 Å². The Labute approximate surface area is 124 Å². The number of aromatic nitrogens is 1. The van der Waals surface area contributed by atoms with E-state index in [2.05, 4.69) is 36.4 Å². The third-order valence-corrected chi connectivity index (χ3v) is 4.64. The van der Waals surface area contributed by atoms with Gasteiger partial charge in [0.25, 0.3) is 0 Å². The zero-order chi connectivity index (χ0) is 14.2. The molecular weight excluding hydrogens is 244 g/mol. The third kappa shape index (κ3) is 4.59. The van der Waals surface area contributed by atoms with Gasteiger partial charge in [0.05, 0.1) is 0 Å². The summed E-state index contributed by atoms with van der Waals surface area (Å²) >= 11 is 0. The summed E-state index contributed by atoms with van der Waals surface area (Å²) < 4.78 is 0. The van der Waals surface area contributed by atoms with Crippen LogP contribution in [-0.4, -0.2) is 11.5 Å². The average molecular weight is 274 g/mol. The Hall–Kier alpha value is -0.890. The van der Waals surface area contributed by atoms with Crippen LogP contribution in [-0.2, 0) is 0 Å². The molecule has 1 aliphatic rings.